The van der Waals surface area contributed by atoms with Crippen LogP contribution < -0.4 is 4.90 Å². The first-order chi connectivity index (χ1) is 13.1. The van der Waals surface area contributed by atoms with Crippen LogP contribution in [-0.2, 0) is 20.9 Å². The summed E-state index contributed by atoms with van der Waals surface area (Å²) in [6.45, 7) is 1.68. The lowest BCUT2D eigenvalue weighted by molar-refractivity contribution is -0.146. The third-order valence-corrected chi connectivity index (χ3v) is 6.63. The van der Waals surface area contributed by atoms with Gasteiger partial charge in [0.1, 0.15) is 6.61 Å². The number of hydrogen-bond acceptors (Lipinski definition) is 5. The summed E-state index contributed by atoms with van der Waals surface area (Å²) in [5.41, 5.74) is 1.46. The summed E-state index contributed by atoms with van der Waals surface area (Å²) in [5, 5.41) is 2.44. The third kappa shape index (κ3) is 4.05. The number of rotatable bonds is 6. The Morgan fingerprint density at radius 3 is 2.70 bits per heavy atom. The Morgan fingerprint density at radius 1 is 1.22 bits per heavy atom. The Morgan fingerprint density at radius 2 is 2.04 bits per heavy atom. The summed E-state index contributed by atoms with van der Waals surface area (Å²) in [5.74, 6) is 1.84. The maximum absolute atomic E-state index is 12.2. The van der Waals surface area contributed by atoms with E-state index < -0.39 is 0 Å². The molecule has 2 aromatic rings. The first kappa shape index (κ1) is 18.2. The van der Waals surface area contributed by atoms with Crippen LogP contribution in [0.3, 0.4) is 0 Å². The molecule has 0 saturated heterocycles. The van der Waals surface area contributed by atoms with E-state index in [4.69, 9.17) is 4.74 Å². The molecule has 0 spiro atoms. The molecule has 142 valence electrons. The van der Waals surface area contributed by atoms with Crippen molar-refractivity contribution < 1.29 is 14.3 Å². The third-order valence-electron chi connectivity index (χ3n) is 5.75. The molecule has 2 bridgehead atoms. The predicted molar refractivity (Wildman–Crippen MR) is 105 cm³/mol. The van der Waals surface area contributed by atoms with Gasteiger partial charge in [-0.1, -0.05) is 24.6 Å². The lowest BCUT2D eigenvalue weighted by atomic mass is 9.86. The van der Waals surface area contributed by atoms with E-state index in [9.17, 15) is 9.59 Å². The molecule has 1 aromatic heterocycles. The molecule has 27 heavy (non-hydrogen) atoms. The number of anilines is 2. The molecule has 1 aromatic carbocycles. The Balaban J connectivity index is 1.35. The molecule has 2 aliphatic rings. The number of ether oxygens (including phenoxy) is 1. The highest BCUT2D eigenvalue weighted by Gasteiger charge is 2.40. The van der Waals surface area contributed by atoms with Crippen molar-refractivity contribution in [3.63, 3.8) is 0 Å². The molecule has 6 heteroatoms. The van der Waals surface area contributed by atoms with Crippen molar-refractivity contribution in [1.29, 1.82) is 0 Å². The van der Waals surface area contributed by atoms with E-state index in [-0.39, 0.29) is 18.5 Å². The van der Waals surface area contributed by atoms with Gasteiger partial charge in [-0.3, -0.25) is 14.5 Å². The second-order valence-electron chi connectivity index (χ2n) is 7.61. The Hall–Kier alpha value is -2.21. The maximum atomic E-state index is 12.2. The number of aromatic nitrogens is 1. The minimum absolute atomic E-state index is 0.101. The van der Waals surface area contributed by atoms with Gasteiger partial charge in [-0.15, -0.1) is 11.3 Å². The zero-order valence-electron chi connectivity index (χ0n) is 15.5. The van der Waals surface area contributed by atoms with Crippen LogP contribution in [0.1, 0.15) is 44.7 Å². The molecule has 0 unspecified atom stereocenters. The van der Waals surface area contributed by atoms with Crippen LogP contribution in [0, 0.1) is 17.8 Å². The Kier molecular flexibility index (Phi) is 5.25. The van der Waals surface area contributed by atoms with Gasteiger partial charge in [0, 0.05) is 18.7 Å². The van der Waals surface area contributed by atoms with Crippen molar-refractivity contribution in [2.45, 2.75) is 45.6 Å². The van der Waals surface area contributed by atoms with Crippen LogP contribution in [0.15, 0.2) is 35.7 Å². The lowest BCUT2D eigenvalue weighted by Crippen LogP contribution is -2.22. The maximum Gasteiger partial charge on any atom is 0.306 e. The topological polar surface area (TPSA) is 59.5 Å². The van der Waals surface area contributed by atoms with Gasteiger partial charge in [0.2, 0.25) is 5.91 Å². The summed E-state index contributed by atoms with van der Waals surface area (Å²) in [4.78, 5) is 30.4. The molecule has 2 saturated carbocycles. The highest BCUT2D eigenvalue weighted by Crippen LogP contribution is 2.49. The van der Waals surface area contributed by atoms with E-state index in [1.807, 2.05) is 35.7 Å². The fraction of sp³-hybridized carbons (Fsp3) is 0.476. The van der Waals surface area contributed by atoms with Gasteiger partial charge >= 0.3 is 5.97 Å². The van der Waals surface area contributed by atoms with Gasteiger partial charge in [-0.2, -0.15) is 0 Å². The molecule has 0 N–H and O–H groups in total. The van der Waals surface area contributed by atoms with E-state index in [0.717, 1.165) is 17.5 Å². The minimum atomic E-state index is -0.131. The molecule has 2 aliphatic carbocycles. The van der Waals surface area contributed by atoms with Crippen LogP contribution >= 0.6 is 11.3 Å². The van der Waals surface area contributed by atoms with Gasteiger partial charge in [-0.05, 0) is 49.1 Å². The minimum Gasteiger partial charge on any atom is -0.459 e. The number of amides is 1. The second-order valence-corrected chi connectivity index (χ2v) is 8.45. The predicted octanol–water partition coefficient (Wildman–Crippen LogP) is 4.70. The van der Waals surface area contributed by atoms with Crippen LogP contribution in [0.25, 0.3) is 0 Å². The average molecular weight is 385 g/mol. The monoisotopic (exact) mass is 384 g/mol. The molecular formula is C21H24N2O3S. The van der Waals surface area contributed by atoms with Crippen molar-refractivity contribution >= 4 is 34.0 Å². The fourth-order valence-electron chi connectivity index (χ4n) is 4.52. The van der Waals surface area contributed by atoms with Gasteiger partial charge in [0.05, 0.1) is 11.4 Å². The molecule has 0 radical (unpaired) electrons. The number of nitrogens with zero attached hydrogens (tertiary/aromatic N) is 2. The number of carbonyl (C=O) groups is 2. The van der Waals surface area contributed by atoms with Crippen molar-refractivity contribution in [3.8, 4) is 0 Å². The molecule has 1 amide bonds. The lowest BCUT2D eigenvalue weighted by Gasteiger charge is -2.20. The zero-order chi connectivity index (χ0) is 18.8. The second kappa shape index (κ2) is 7.80. The highest BCUT2D eigenvalue weighted by atomic mass is 32.1. The van der Waals surface area contributed by atoms with Gasteiger partial charge in [-0.25, -0.2) is 4.98 Å². The van der Waals surface area contributed by atoms with Crippen molar-refractivity contribution in [2.24, 2.45) is 17.8 Å². The van der Waals surface area contributed by atoms with Crippen LogP contribution in [-0.4, -0.2) is 16.9 Å². The number of esters is 1. The SMILES string of the molecule is CC(=O)N(c1ccccc1)c1nc(COC(=O)C[C@@H]2C[C@@H]3CC[C@@H]2C3)cs1. The average Bonchev–Trinajstić information content (AvgIpc) is 3.38. The molecule has 3 atom stereocenters. The number of hydrogen-bond donors (Lipinski definition) is 0. The first-order valence-electron chi connectivity index (χ1n) is 9.56. The molecule has 4 rings (SSSR count). The van der Waals surface area contributed by atoms with Gasteiger partial charge in [0.25, 0.3) is 0 Å². The van der Waals surface area contributed by atoms with Crippen LogP contribution in [0.5, 0.6) is 0 Å². The molecule has 0 aliphatic heterocycles. The van der Waals surface area contributed by atoms with E-state index in [1.54, 1.807) is 4.90 Å². The smallest absolute Gasteiger partial charge is 0.306 e. The summed E-state index contributed by atoms with van der Waals surface area (Å²) < 4.78 is 5.46. The fourth-order valence-corrected chi connectivity index (χ4v) is 5.39. The largest absolute Gasteiger partial charge is 0.459 e. The molecule has 2 fully saturated rings. The Labute approximate surface area is 163 Å². The molecule has 5 nitrogen and oxygen atoms in total. The zero-order valence-corrected chi connectivity index (χ0v) is 16.3. The van der Waals surface area contributed by atoms with Crippen LogP contribution in [0.2, 0.25) is 0 Å². The number of para-hydroxylation sites is 1. The Bertz CT molecular complexity index is 820. The molecular weight excluding hydrogens is 360 g/mol. The summed E-state index contributed by atoms with van der Waals surface area (Å²) in [6.07, 6.45) is 5.63. The number of fused-ring (bicyclic) bond motifs is 2. The number of thiazole rings is 1. The summed E-state index contributed by atoms with van der Waals surface area (Å²) >= 11 is 1.38. The number of carbonyl (C=O) groups excluding carboxylic acids is 2. The van der Waals surface area contributed by atoms with Crippen molar-refractivity contribution in [2.75, 3.05) is 4.90 Å². The van der Waals surface area contributed by atoms with E-state index in [1.165, 1.54) is 43.9 Å². The van der Waals surface area contributed by atoms with E-state index in [0.29, 0.717) is 23.2 Å². The summed E-state index contributed by atoms with van der Waals surface area (Å²) in [7, 11) is 0. The van der Waals surface area contributed by atoms with Crippen LogP contribution in [0.4, 0.5) is 10.8 Å². The van der Waals surface area contributed by atoms with E-state index >= 15 is 0 Å². The normalized spacial score (nSPS) is 23.4. The van der Waals surface area contributed by atoms with Gasteiger partial charge < -0.3 is 4.74 Å². The standard InChI is InChI=1S/C21H24N2O3S/c1-14(24)23(19-5-3-2-4-6-19)21-22-18(13-27-21)12-26-20(25)11-17-10-15-7-8-16(17)9-15/h2-6,13,15-17H,7-12H2,1H3/t15-,16-,17+/m1/s1. The molecule has 1 heterocycles. The van der Waals surface area contributed by atoms with Crippen molar-refractivity contribution in [1.82, 2.24) is 4.98 Å². The first-order valence-corrected chi connectivity index (χ1v) is 10.4. The van der Waals surface area contributed by atoms with Crippen molar-refractivity contribution in [3.05, 3.63) is 41.4 Å². The van der Waals surface area contributed by atoms with E-state index in [2.05, 4.69) is 4.98 Å². The highest BCUT2D eigenvalue weighted by molar-refractivity contribution is 7.14. The quantitative estimate of drug-likeness (QED) is 0.678. The summed E-state index contributed by atoms with van der Waals surface area (Å²) in [6, 6.07) is 9.43. The van der Waals surface area contributed by atoms with Gasteiger partial charge in [0.15, 0.2) is 5.13 Å². The number of benzene rings is 1.